The molecule has 5 heteroatoms. The first-order chi connectivity index (χ1) is 9.66. The minimum absolute atomic E-state index is 0.0962. The van der Waals surface area contributed by atoms with E-state index in [1.165, 1.54) is 0 Å². The molecule has 0 bridgehead atoms. The summed E-state index contributed by atoms with van der Waals surface area (Å²) in [6, 6.07) is 7.49. The first-order valence-corrected chi connectivity index (χ1v) is 6.60. The van der Waals surface area contributed by atoms with Crippen molar-refractivity contribution >= 4 is 23.0 Å². The van der Waals surface area contributed by atoms with Gasteiger partial charge in [-0.1, -0.05) is 12.1 Å². The average molecular weight is 269 g/mol. The highest BCUT2D eigenvalue weighted by Crippen LogP contribution is 2.12. The van der Waals surface area contributed by atoms with Crippen LogP contribution in [-0.2, 0) is 11.8 Å². The van der Waals surface area contributed by atoms with E-state index < -0.39 is 0 Å². The minimum Gasteiger partial charge on any atom is -0.319 e. The number of hydrogen-bond donors (Lipinski definition) is 0. The largest absolute Gasteiger partial charge is 0.319 e. The number of aryl methyl sites for hydroxylation is 1. The topological polar surface area (TPSA) is 55.2 Å². The maximum atomic E-state index is 12.2. The molecule has 1 fully saturated rings. The first kappa shape index (κ1) is 12.6. The molecule has 2 heterocycles. The molecule has 0 radical (unpaired) electrons. The van der Waals surface area contributed by atoms with E-state index in [4.69, 9.17) is 0 Å². The van der Waals surface area contributed by atoms with Crippen LogP contribution in [0, 0.1) is 0 Å². The van der Waals surface area contributed by atoms with E-state index in [2.05, 4.69) is 4.98 Å². The van der Waals surface area contributed by atoms with Crippen molar-refractivity contribution in [2.45, 2.75) is 12.8 Å². The average Bonchev–Trinajstić information content (AvgIpc) is 2.87. The highest BCUT2D eigenvalue weighted by Gasteiger charge is 2.17. The van der Waals surface area contributed by atoms with Gasteiger partial charge in [0.25, 0.3) is 5.56 Å². The Kier molecular flexibility index (Phi) is 3.10. The third-order valence-electron chi connectivity index (χ3n) is 3.53. The predicted octanol–water partition coefficient (Wildman–Crippen LogP) is 1.53. The molecule has 1 saturated heterocycles. The van der Waals surface area contributed by atoms with Crippen LogP contribution in [0.4, 0.5) is 0 Å². The summed E-state index contributed by atoms with van der Waals surface area (Å²) in [5, 5.41) is 0. The van der Waals surface area contributed by atoms with Crippen molar-refractivity contribution in [3.63, 3.8) is 0 Å². The minimum atomic E-state index is -0.161. The fourth-order valence-corrected chi connectivity index (χ4v) is 2.40. The van der Waals surface area contributed by atoms with Gasteiger partial charge in [0.15, 0.2) is 0 Å². The lowest BCUT2D eigenvalue weighted by Crippen LogP contribution is -2.22. The maximum Gasteiger partial charge on any atom is 0.276 e. The Hall–Kier alpha value is -2.43. The lowest BCUT2D eigenvalue weighted by Gasteiger charge is -2.09. The number of benzene rings is 1. The lowest BCUT2D eigenvalue weighted by atomic mass is 10.3. The molecule has 1 aliphatic rings. The molecule has 0 aliphatic carbocycles. The molecule has 5 nitrogen and oxygen atoms in total. The van der Waals surface area contributed by atoms with Crippen molar-refractivity contribution in [3.05, 3.63) is 46.5 Å². The SMILES string of the molecule is Cn1c(=O)c(C=CN2CCCC2=O)nc2ccccc21. The van der Waals surface area contributed by atoms with E-state index >= 15 is 0 Å². The molecule has 0 spiro atoms. The number of likely N-dealkylation sites (tertiary alicyclic amines) is 1. The summed E-state index contributed by atoms with van der Waals surface area (Å²) >= 11 is 0. The van der Waals surface area contributed by atoms with Crippen LogP contribution in [0.2, 0.25) is 0 Å². The molecule has 0 N–H and O–H groups in total. The number of fused-ring (bicyclic) bond motifs is 1. The van der Waals surface area contributed by atoms with E-state index in [1.54, 1.807) is 28.8 Å². The quantitative estimate of drug-likeness (QED) is 0.830. The number of nitrogens with zero attached hydrogens (tertiary/aromatic N) is 3. The monoisotopic (exact) mass is 269 g/mol. The van der Waals surface area contributed by atoms with Crippen LogP contribution in [-0.4, -0.2) is 26.9 Å². The Morgan fingerprint density at radius 3 is 2.80 bits per heavy atom. The summed E-state index contributed by atoms with van der Waals surface area (Å²) in [6.45, 7) is 0.712. The Morgan fingerprint density at radius 2 is 2.05 bits per heavy atom. The maximum absolute atomic E-state index is 12.2. The van der Waals surface area contributed by atoms with Gasteiger partial charge in [0, 0.05) is 26.2 Å². The van der Waals surface area contributed by atoms with Gasteiger partial charge < -0.3 is 9.47 Å². The summed E-state index contributed by atoms with van der Waals surface area (Å²) in [4.78, 5) is 29.7. The van der Waals surface area contributed by atoms with E-state index in [1.807, 2.05) is 24.3 Å². The van der Waals surface area contributed by atoms with Crippen LogP contribution in [0.15, 0.2) is 35.3 Å². The van der Waals surface area contributed by atoms with Crippen LogP contribution < -0.4 is 5.56 Å². The van der Waals surface area contributed by atoms with Gasteiger partial charge in [-0.15, -0.1) is 0 Å². The Morgan fingerprint density at radius 1 is 1.25 bits per heavy atom. The zero-order valence-corrected chi connectivity index (χ0v) is 11.2. The normalized spacial score (nSPS) is 15.7. The fourth-order valence-electron chi connectivity index (χ4n) is 2.40. The van der Waals surface area contributed by atoms with Gasteiger partial charge in [0.2, 0.25) is 5.91 Å². The van der Waals surface area contributed by atoms with Gasteiger partial charge in [-0.2, -0.15) is 0 Å². The van der Waals surface area contributed by atoms with Crippen LogP contribution in [0.3, 0.4) is 0 Å². The fraction of sp³-hybridized carbons (Fsp3) is 0.267. The van der Waals surface area contributed by atoms with Crippen molar-refractivity contribution < 1.29 is 4.79 Å². The molecule has 3 rings (SSSR count). The number of para-hydroxylation sites is 2. The van der Waals surface area contributed by atoms with Crippen LogP contribution in [0.1, 0.15) is 18.5 Å². The van der Waals surface area contributed by atoms with Crippen molar-refractivity contribution in [1.29, 1.82) is 0 Å². The second-order valence-corrected chi connectivity index (χ2v) is 4.86. The summed E-state index contributed by atoms with van der Waals surface area (Å²) < 4.78 is 1.58. The Bertz CT molecular complexity index is 761. The lowest BCUT2D eigenvalue weighted by molar-refractivity contribution is -0.125. The van der Waals surface area contributed by atoms with Crippen molar-refractivity contribution in [1.82, 2.24) is 14.5 Å². The number of rotatable bonds is 2. The molecule has 1 amide bonds. The first-order valence-electron chi connectivity index (χ1n) is 6.60. The Balaban J connectivity index is 2.03. The summed E-state index contributed by atoms with van der Waals surface area (Å²) in [5.74, 6) is 0.0962. The molecule has 2 aromatic rings. The molecule has 20 heavy (non-hydrogen) atoms. The number of hydrogen-bond acceptors (Lipinski definition) is 3. The van der Waals surface area contributed by atoms with Crippen molar-refractivity contribution in [2.75, 3.05) is 6.54 Å². The number of aromatic nitrogens is 2. The molecule has 0 atom stereocenters. The third-order valence-corrected chi connectivity index (χ3v) is 3.53. The summed E-state index contributed by atoms with van der Waals surface area (Å²) in [5.41, 5.74) is 1.76. The van der Waals surface area contributed by atoms with Gasteiger partial charge in [0.1, 0.15) is 5.69 Å². The van der Waals surface area contributed by atoms with Gasteiger partial charge in [-0.25, -0.2) is 4.98 Å². The number of carbonyl (C=O) groups excluding carboxylic acids is 1. The molecular weight excluding hydrogens is 254 g/mol. The standard InChI is InChI=1S/C15H15N3O2/c1-17-13-6-3-2-5-11(13)16-12(15(17)20)8-10-18-9-4-7-14(18)19/h2-3,5-6,8,10H,4,7,9H2,1H3. The number of carbonyl (C=O) groups is 1. The van der Waals surface area contributed by atoms with Crippen LogP contribution in [0.25, 0.3) is 17.1 Å². The van der Waals surface area contributed by atoms with Gasteiger partial charge in [0.05, 0.1) is 11.0 Å². The molecule has 0 saturated carbocycles. The molecule has 1 aromatic carbocycles. The molecule has 1 aliphatic heterocycles. The van der Waals surface area contributed by atoms with Gasteiger partial charge in [-0.3, -0.25) is 9.59 Å². The van der Waals surface area contributed by atoms with Crippen molar-refractivity contribution in [3.8, 4) is 0 Å². The van der Waals surface area contributed by atoms with E-state index in [-0.39, 0.29) is 11.5 Å². The smallest absolute Gasteiger partial charge is 0.276 e. The summed E-state index contributed by atoms with van der Waals surface area (Å²) in [6.07, 6.45) is 4.73. The molecular formula is C15H15N3O2. The zero-order valence-electron chi connectivity index (χ0n) is 11.2. The molecule has 102 valence electrons. The Labute approximate surface area is 116 Å². The van der Waals surface area contributed by atoms with Crippen LogP contribution >= 0.6 is 0 Å². The second kappa shape index (κ2) is 4.92. The third kappa shape index (κ3) is 2.11. The van der Waals surface area contributed by atoms with E-state index in [9.17, 15) is 9.59 Å². The van der Waals surface area contributed by atoms with Gasteiger partial charge in [-0.05, 0) is 24.6 Å². The molecule has 0 unspecified atom stereocenters. The van der Waals surface area contributed by atoms with Crippen LogP contribution in [0.5, 0.6) is 0 Å². The zero-order chi connectivity index (χ0) is 14.1. The number of amides is 1. The summed E-state index contributed by atoms with van der Waals surface area (Å²) in [7, 11) is 1.73. The highest BCUT2D eigenvalue weighted by molar-refractivity contribution is 5.80. The van der Waals surface area contributed by atoms with E-state index in [0.717, 1.165) is 17.5 Å². The van der Waals surface area contributed by atoms with E-state index in [0.29, 0.717) is 18.7 Å². The van der Waals surface area contributed by atoms with Crippen molar-refractivity contribution in [2.24, 2.45) is 7.05 Å². The predicted molar refractivity (Wildman–Crippen MR) is 77.0 cm³/mol. The second-order valence-electron chi connectivity index (χ2n) is 4.86. The molecule has 1 aromatic heterocycles. The van der Waals surface area contributed by atoms with Gasteiger partial charge >= 0.3 is 0 Å². The highest BCUT2D eigenvalue weighted by atomic mass is 16.2.